The van der Waals surface area contributed by atoms with Crippen molar-refractivity contribution in [1.29, 1.82) is 0 Å². The van der Waals surface area contributed by atoms with Gasteiger partial charge in [0.25, 0.3) is 5.56 Å². The summed E-state index contributed by atoms with van der Waals surface area (Å²) in [5.41, 5.74) is 0.0393. The van der Waals surface area contributed by atoms with Crippen molar-refractivity contribution < 1.29 is 0 Å². The van der Waals surface area contributed by atoms with Crippen molar-refractivity contribution in [3.05, 3.63) is 40.8 Å². The van der Waals surface area contributed by atoms with Gasteiger partial charge in [0, 0.05) is 18.0 Å². The third-order valence-corrected chi connectivity index (χ3v) is 5.69. The zero-order valence-corrected chi connectivity index (χ0v) is 13.7. The summed E-state index contributed by atoms with van der Waals surface area (Å²) in [6.45, 7) is 1.74. The van der Waals surface area contributed by atoms with Crippen molar-refractivity contribution in [3.63, 3.8) is 0 Å². The van der Waals surface area contributed by atoms with Crippen molar-refractivity contribution >= 4 is 10.8 Å². The average molecular weight is 311 g/mol. The summed E-state index contributed by atoms with van der Waals surface area (Å²) in [6.07, 6.45) is 11.2. The van der Waals surface area contributed by atoms with Crippen LogP contribution in [-0.4, -0.2) is 27.3 Å². The molecule has 0 radical (unpaired) electrons. The Kier molecular flexibility index (Phi) is 4.17. The highest BCUT2D eigenvalue weighted by molar-refractivity contribution is 5.80. The van der Waals surface area contributed by atoms with Crippen LogP contribution in [0.2, 0.25) is 0 Å². The van der Waals surface area contributed by atoms with Crippen LogP contribution in [0.15, 0.2) is 35.3 Å². The minimum absolute atomic E-state index is 0.0393. The largest absolute Gasteiger partial charge is 0.281 e. The van der Waals surface area contributed by atoms with E-state index in [0.717, 1.165) is 23.2 Å². The number of aromatic nitrogens is 2. The van der Waals surface area contributed by atoms with E-state index in [0.29, 0.717) is 12.7 Å². The van der Waals surface area contributed by atoms with Gasteiger partial charge in [0.1, 0.15) is 0 Å². The summed E-state index contributed by atoms with van der Waals surface area (Å²) < 4.78 is 1.66. The predicted octanol–water partition coefficient (Wildman–Crippen LogP) is 3.40. The zero-order valence-electron chi connectivity index (χ0n) is 13.7. The minimum Gasteiger partial charge on any atom is -0.281 e. The fraction of sp³-hybridized carbons (Fsp3) is 0.579. The highest BCUT2D eigenvalue weighted by Gasteiger charge is 2.32. The standard InChI is InChI=1S/C19H25N3O/c23-19-17-10-5-4-9-16(17)13-20-22(19)14-21-12-6-11-18(21)15-7-2-1-3-8-15/h4-5,9-10,13,15,18H,1-3,6-8,11-12,14H2/t18-/m1/s1. The Morgan fingerprint density at radius 1 is 1.04 bits per heavy atom. The molecule has 1 atom stereocenters. The van der Waals surface area contributed by atoms with E-state index in [4.69, 9.17) is 0 Å². The number of hydrogen-bond acceptors (Lipinski definition) is 3. The van der Waals surface area contributed by atoms with Crippen LogP contribution < -0.4 is 5.56 Å². The third kappa shape index (κ3) is 2.92. The van der Waals surface area contributed by atoms with Gasteiger partial charge in [-0.05, 0) is 37.7 Å². The fourth-order valence-corrected chi connectivity index (χ4v) is 4.48. The predicted molar refractivity (Wildman–Crippen MR) is 92.3 cm³/mol. The summed E-state index contributed by atoms with van der Waals surface area (Å²) in [6, 6.07) is 8.38. The average Bonchev–Trinajstić information content (AvgIpc) is 3.07. The summed E-state index contributed by atoms with van der Waals surface area (Å²) in [7, 11) is 0. The third-order valence-electron chi connectivity index (χ3n) is 5.69. The molecule has 4 rings (SSSR count). The smallest absolute Gasteiger partial charge is 0.275 e. The van der Waals surface area contributed by atoms with Crippen molar-refractivity contribution in [2.75, 3.05) is 6.54 Å². The highest BCUT2D eigenvalue weighted by atomic mass is 16.1. The van der Waals surface area contributed by atoms with Crippen LogP contribution in [0.4, 0.5) is 0 Å². The molecule has 2 fully saturated rings. The molecule has 0 bridgehead atoms. The number of hydrogen-bond donors (Lipinski definition) is 0. The van der Waals surface area contributed by atoms with E-state index in [1.165, 1.54) is 44.9 Å². The monoisotopic (exact) mass is 311 g/mol. The van der Waals surface area contributed by atoms with Crippen LogP contribution in [-0.2, 0) is 6.67 Å². The molecule has 2 aromatic rings. The molecule has 1 saturated heterocycles. The first-order valence-corrected chi connectivity index (χ1v) is 9.02. The van der Waals surface area contributed by atoms with E-state index in [1.54, 1.807) is 4.68 Å². The molecule has 1 aliphatic carbocycles. The van der Waals surface area contributed by atoms with Crippen molar-refractivity contribution in [3.8, 4) is 0 Å². The highest BCUT2D eigenvalue weighted by Crippen LogP contribution is 2.34. The van der Waals surface area contributed by atoms with Crippen LogP contribution in [0.5, 0.6) is 0 Å². The summed E-state index contributed by atoms with van der Waals surface area (Å²) in [5, 5.41) is 6.12. The van der Waals surface area contributed by atoms with Crippen LogP contribution in [0, 0.1) is 5.92 Å². The maximum Gasteiger partial charge on any atom is 0.275 e. The second-order valence-corrected chi connectivity index (χ2v) is 7.10. The van der Waals surface area contributed by atoms with Gasteiger partial charge >= 0.3 is 0 Å². The molecular weight excluding hydrogens is 286 g/mol. The van der Waals surface area contributed by atoms with Gasteiger partial charge < -0.3 is 0 Å². The number of nitrogens with zero attached hydrogens (tertiary/aromatic N) is 3. The molecule has 23 heavy (non-hydrogen) atoms. The number of rotatable bonds is 3. The molecule has 2 heterocycles. The van der Waals surface area contributed by atoms with Crippen molar-refractivity contribution in [1.82, 2.24) is 14.7 Å². The Labute approximate surface area is 137 Å². The molecule has 0 unspecified atom stereocenters. The molecule has 0 N–H and O–H groups in total. The number of fused-ring (bicyclic) bond motifs is 1. The molecule has 1 aromatic carbocycles. The van der Waals surface area contributed by atoms with Gasteiger partial charge in [0.15, 0.2) is 0 Å². The molecule has 1 saturated carbocycles. The Morgan fingerprint density at radius 3 is 2.74 bits per heavy atom. The lowest BCUT2D eigenvalue weighted by Crippen LogP contribution is -2.40. The molecule has 4 nitrogen and oxygen atoms in total. The summed E-state index contributed by atoms with van der Waals surface area (Å²) >= 11 is 0. The lowest BCUT2D eigenvalue weighted by molar-refractivity contribution is 0.119. The Morgan fingerprint density at radius 2 is 1.87 bits per heavy atom. The van der Waals surface area contributed by atoms with Gasteiger partial charge in [-0.15, -0.1) is 0 Å². The second kappa shape index (κ2) is 6.44. The quantitative estimate of drug-likeness (QED) is 0.872. The lowest BCUT2D eigenvalue weighted by atomic mass is 9.83. The normalized spacial score (nSPS) is 23.6. The van der Waals surface area contributed by atoms with E-state index in [1.807, 2.05) is 30.5 Å². The van der Waals surface area contributed by atoms with Gasteiger partial charge in [0.05, 0.1) is 18.3 Å². The van der Waals surface area contributed by atoms with Crippen LogP contribution in [0.3, 0.4) is 0 Å². The molecule has 1 aromatic heterocycles. The molecule has 1 aliphatic heterocycles. The van der Waals surface area contributed by atoms with Gasteiger partial charge in [-0.25, -0.2) is 4.68 Å². The fourth-order valence-electron chi connectivity index (χ4n) is 4.48. The molecule has 0 amide bonds. The van der Waals surface area contributed by atoms with Crippen molar-refractivity contribution in [2.45, 2.75) is 57.7 Å². The summed E-state index contributed by atoms with van der Waals surface area (Å²) in [4.78, 5) is 15.2. The topological polar surface area (TPSA) is 38.1 Å². The molecule has 4 heteroatoms. The van der Waals surface area contributed by atoms with E-state index in [-0.39, 0.29) is 5.56 Å². The number of benzene rings is 1. The van der Waals surface area contributed by atoms with Gasteiger partial charge in [0.2, 0.25) is 0 Å². The minimum atomic E-state index is 0.0393. The van der Waals surface area contributed by atoms with E-state index < -0.39 is 0 Å². The molecular formula is C19H25N3O. The summed E-state index contributed by atoms with van der Waals surface area (Å²) in [5.74, 6) is 0.822. The lowest BCUT2D eigenvalue weighted by Gasteiger charge is -2.34. The molecule has 122 valence electrons. The van der Waals surface area contributed by atoms with Gasteiger partial charge in [-0.3, -0.25) is 9.69 Å². The van der Waals surface area contributed by atoms with Crippen LogP contribution >= 0.6 is 0 Å². The Bertz CT molecular complexity index is 733. The maximum absolute atomic E-state index is 12.7. The first-order valence-electron chi connectivity index (χ1n) is 9.02. The first-order chi connectivity index (χ1) is 11.3. The molecule has 0 spiro atoms. The van der Waals surface area contributed by atoms with E-state index >= 15 is 0 Å². The van der Waals surface area contributed by atoms with Crippen LogP contribution in [0.25, 0.3) is 10.8 Å². The van der Waals surface area contributed by atoms with Gasteiger partial charge in [-0.1, -0.05) is 37.5 Å². The first kappa shape index (κ1) is 14.9. The SMILES string of the molecule is O=c1c2ccccc2cnn1CN1CCC[C@@H]1C1CCCCC1. The Balaban J connectivity index is 1.57. The van der Waals surface area contributed by atoms with Crippen LogP contribution in [0.1, 0.15) is 44.9 Å². The van der Waals surface area contributed by atoms with E-state index in [2.05, 4.69) is 10.00 Å². The molecule has 2 aliphatic rings. The van der Waals surface area contributed by atoms with Gasteiger partial charge in [-0.2, -0.15) is 5.10 Å². The zero-order chi connectivity index (χ0) is 15.6. The second-order valence-electron chi connectivity index (χ2n) is 7.10. The Hall–Kier alpha value is -1.68. The van der Waals surface area contributed by atoms with Crippen molar-refractivity contribution in [2.24, 2.45) is 5.92 Å². The van der Waals surface area contributed by atoms with E-state index in [9.17, 15) is 4.79 Å². The maximum atomic E-state index is 12.7. The number of likely N-dealkylation sites (tertiary alicyclic amines) is 1.